The van der Waals surface area contributed by atoms with Crippen LogP contribution in [0.25, 0.3) is 0 Å². The summed E-state index contributed by atoms with van der Waals surface area (Å²) < 4.78 is 0. The molecule has 2 heteroatoms. The average molecular weight is 124 g/mol. The first-order chi connectivity index (χ1) is 4.29. The summed E-state index contributed by atoms with van der Waals surface area (Å²) in [6.07, 6.45) is 1.25. The van der Waals surface area contributed by atoms with Crippen LogP contribution in [0.5, 0.6) is 0 Å². The van der Waals surface area contributed by atoms with E-state index < -0.39 is 0 Å². The first-order valence-corrected chi connectivity index (χ1v) is 3.48. The molecule has 0 amide bonds. The van der Waals surface area contributed by atoms with Gasteiger partial charge in [0.15, 0.2) is 0 Å². The number of fused-ring (bicyclic) bond motifs is 2. The Balaban J connectivity index is 2.36. The topological polar surface area (TPSA) is 38.0 Å². The summed E-state index contributed by atoms with van der Waals surface area (Å²) in [5, 5.41) is 3.40. The van der Waals surface area contributed by atoms with Crippen molar-refractivity contribution in [3.63, 3.8) is 0 Å². The van der Waals surface area contributed by atoms with E-state index in [0.29, 0.717) is 12.0 Å². The molecule has 2 nitrogen and oxygen atoms in total. The molecule has 1 aliphatic carbocycles. The molecule has 1 aliphatic heterocycles. The van der Waals surface area contributed by atoms with E-state index in [9.17, 15) is 0 Å². The molecule has 2 unspecified atom stereocenters. The van der Waals surface area contributed by atoms with Gasteiger partial charge in [0.2, 0.25) is 0 Å². The third-order valence-corrected chi connectivity index (χ3v) is 2.55. The van der Waals surface area contributed by atoms with E-state index in [4.69, 9.17) is 5.73 Å². The first-order valence-electron chi connectivity index (χ1n) is 3.48. The fraction of sp³-hybridized carbons (Fsp3) is 0.714. The number of rotatable bonds is 0. The van der Waals surface area contributed by atoms with Gasteiger partial charge in [-0.3, -0.25) is 0 Å². The number of nitrogens with two attached hydrogens (primary N) is 1. The standard InChI is InChI=1S/C7H12N2/c1-4-6-2-5(3-9-6)7(4)8/h5-6,9H,2-3,8H2,1H3. The number of hydrogen-bond donors (Lipinski definition) is 2. The Labute approximate surface area is 55.1 Å². The SMILES string of the molecule is CC1=C(N)C2CNC1C2. The second-order valence-corrected chi connectivity index (χ2v) is 3.03. The molecule has 2 aliphatic rings. The van der Waals surface area contributed by atoms with Gasteiger partial charge in [-0.25, -0.2) is 0 Å². The van der Waals surface area contributed by atoms with Crippen LogP contribution in [0.15, 0.2) is 11.3 Å². The van der Waals surface area contributed by atoms with Crippen molar-refractivity contribution in [3.8, 4) is 0 Å². The van der Waals surface area contributed by atoms with Crippen LogP contribution in [0.2, 0.25) is 0 Å². The summed E-state index contributed by atoms with van der Waals surface area (Å²) in [7, 11) is 0. The van der Waals surface area contributed by atoms with Gasteiger partial charge in [0, 0.05) is 24.2 Å². The molecular weight excluding hydrogens is 112 g/mol. The third-order valence-electron chi connectivity index (χ3n) is 2.55. The van der Waals surface area contributed by atoms with E-state index in [2.05, 4.69) is 12.2 Å². The molecule has 0 saturated carbocycles. The molecule has 0 spiro atoms. The van der Waals surface area contributed by atoms with Gasteiger partial charge >= 0.3 is 0 Å². The maximum absolute atomic E-state index is 5.80. The summed E-state index contributed by atoms with van der Waals surface area (Å²) in [5.74, 6) is 0.662. The molecule has 1 fully saturated rings. The minimum atomic E-state index is 0.620. The molecule has 0 aromatic carbocycles. The highest BCUT2D eigenvalue weighted by atomic mass is 15.0. The number of hydrogen-bond acceptors (Lipinski definition) is 2. The Bertz CT molecular complexity index is 154. The van der Waals surface area contributed by atoms with Crippen molar-refractivity contribution in [1.29, 1.82) is 0 Å². The smallest absolute Gasteiger partial charge is 0.0303 e. The van der Waals surface area contributed by atoms with Gasteiger partial charge < -0.3 is 11.1 Å². The van der Waals surface area contributed by atoms with Gasteiger partial charge in [0.05, 0.1) is 0 Å². The molecule has 2 atom stereocenters. The number of nitrogens with one attached hydrogen (secondary N) is 1. The van der Waals surface area contributed by atoms with Gasteiger partial charge in [-0.2, -0.15) is 0 Å². The monoisotopic (exact) mass is 124 g/mol. The summed E-state index contributed by atoms with van der Waals surface area (Å²) in [4.78, 5) is 0. The van der Waals surface area contributed by atoms with E-state index >= 15 is 0 Å². The Morgan fingerprint density at radius 2 is 2.44 bits per heavy atom. The molecule has 9 heavy (non-hydrogen) atoms. The van der Waals surface area contributed by atoms with Crippen molar-refractivity contribution in [1.82, 2.24) is 5.32 Å². The Morgan fingerprint density at radius 1 is 1.67 bits per heavy atom. The lowest BCUT2D eigenvalue weighted by molar-refractivity contribution is 0.656. The van der Waals surface area contributed by atoms with E-state index in [-0.39, 0.29) is 0 Å². The molecule has 1 saturated heterocycles. The Morgan fingerprint density at radius 3 is 2.78 bits per heavy atom. The van der Waals surface area contributed by atoms with Gasteiger partial charge in [0.25, 0.3) is 0 Å². The zero-order chi connectivity index (χ0) is 6.43. The molecule has 1 heterocycles. The molecule has 0 radical (unpaired) electrons. The molecule has 2 rings (SSSR count). The largest absolute Gasteiger partial charge is 0.402 e. The molecular formula is C7H12N2. The first kappa shape index (κ1) is 5.30. The summed E-state index contributed by atoms with van der Waals surface area (Å²) >= 11 is 0. The Kier molecular flexibility index (Phi) is 0.887. The van der Waals surface area contributed by atoms with Gasteiger partial charge in [-0.1, -0.05) is 0 Å². The molecule has 50 valence electrons. The Hall–Kier alpha value is -0.500. The van der Waals surface area contributed by atoms with E-state index in [1.54, 1.807) is 0 Å². The minimum absolute atomic E-state index is 0.620. The van der Waals surface area contributed by atoms with Crippen LogP contribution in [0.3, 0.4) is 0 Å². The molecule has 2 bridgehead atoms. The van der Waals surface area contributed by atoms with Crippen molar-refractivity contribution >= 4 is 0 Å². The maximum Gasteiger partial charge on any atom is 0.0303 e. The van der Waals surface area contributed by atoms with E-state index in [1.165, 1.54) is 12.0 Å². The highest BCUT2D eigenvalue weighted by molar-refractivity contribution is 5.28. The van der Waals surface area contributed by atoms with E-state index in [0.717, 1.165) is 12.2 Å². The maximum atomic E-state index is 5.80. The van der Waals surface area contributed by atoms with Gasteiger partial charge in [-0.15, -0.1) is 0 Å². The second-order valence-electron chi connectivity index (χ2n) is 3.03. The van der Waals surface area contributed by atoms with Crippen LogP contribution in [0.1, 0.15) is 13.3 Å². The lowest BCUT2D eigenvalue weighted by Gasteiger charge is -2.13. The van der Waals surface area contributed by atoms with Crippen molar-refractivity contribution in [3.05, 3.63) is 11.3 Å². The lowest BCUT2D eigenvalue weighted by Crippen LogP contribution is -2.28. The van der Waals surface area contributed by atoms with Gasteiger partial charge in [0.1, 0.15) is 0 Å². The summed E-state index contributed by atoms with van der Waals surface area (Å²) in [6, 6.07) is 0.620. The fourth-order valence-corrected chi connectivity index (χ4v) is 1.83. The summed E-state index contributed by atoms with van der Waals surface area (Å²) in [6.45, 7) is 3.24. The zero-order valence-electron chi connectivity index (χ0n) is 5.65. The zero-order valence-corrected chi connectivity index (χ0v) is 5.65. The highest BCUT2D eigenvalue weighted by Gasteiger charge is 2.34. The van der Waals surface area contributed by atoms with Gasteiger partial charge in [-0.05, 0) is 18.9 Å². The average Bonchev–Trinajstić information content (AvgIpc) is 2.37. The van der Waals surface area contributed by atoms with Crippen molar-refractivity contribution in [2.75, 3.05) is 6.54 Å². The fourth-order valence-electron chi connectivity index (χ4n) is 1.83. The van der Waals surface area contributed by atoms with E-state index in [1.807, 2.05) is 0 Å². The van der Waals surface area contributed by atoms with Crippen molar-refractivity contribution in [2.45, 2.75) is 19.4 Å². The minimum Gasteiger partial charge on any atom is -0.402 e. The second kappa shape index (κ2) is 1.51. The van der Waals surface area contributed by atoms with Crippen LogP contribution >= 0.6 is 0 Å². The highest BCUT2D eigenvalue weighted by Crippen LogP contribution is 2.33. The predicted molar refractivity (Wildman–Crippen MR) is 36.8 cm³/mol. The van der Waals surface area contributed by atoms with Crippen LogP contribution in [-0.4, -0.2) is 12.6 Å². The van der Waals surface area contributed by atoms with Crippen LogP contribution in [0, 0.1) is 5.92 Å². The summed E-state index contributed by atoms with van der Waals surface area (Å²) in [5.41, 5.74) is 8.34. The van der Waals surface area contributed by atoms with Crippen LogP contribution < -0.4 is 11.1 Å². The quantitative estimate of drug-likeness (QED) is 0.484. The molecule has 0 aromatic rings. The third kappa shape index (κ3) is 0.540. The lowest BCUT2D eigenvalue weighted by atomic mass is 10.1. The van der Waals surface area contributed by atoms with Crippen molar-refractivity contribution in [2.24, 2.45) is 11.7 Å². The van der Waals surface area contributed by atoms with Crippen molar-refractivity contribution < 1.29 is 0 Å². The van der Waals surface area contributed by atoms with Crippen LogP contribution in [0.4, 0.5) is 0 Å². The predicted octanol–water partition coefficient (Wildman–Crippen LogP) is 0.211. The molecule has 0 aromatic heterocycles. The molecule has 3 N–H and O–H groups in total. The normalized spacial score (nSPS) is 40.6. The van der Waals surface area contributed by atoms with Crippen LogP contribution in [-0.2, 0) is 0 Å².